The highest BCUT2D eigenvalue weighted by Crippen LogP contribution is 2.31. The molecule has 0 bridgehead atoms. The normalized spacial score (nSPS) is 14.0. The van der Waals surface area contributed by atoms with Crippen molar-refractivity contribution in [2.75, 3.05) is 45.3 Å². The number of carbonyl (C=O) groups excluding carboxylic acids is 1. The van der Waals surface area contributed by atoms with E-state index in [1.807, 2.05) is 0 Å². The maximum Gasteiger partial charge on any atom is 0.295 e. The van der Waals surface area contributed by atoms with Crippen molar-refractivity contribution >= 4 is 17.3 Å². The highest BCUT2D eigenvalue weighted by atomic mass is 19.1. The number of piperazine rings is 1. The molecule has 0 radical (unpaired) electrons. The number of anilines is 1. The van der Waals surface area contributed by atoms with E-state index in [0.717, 1.165) is 6.07 Å². The second kappa shape index (κ2) is 8.12. The third kappa shape index (κ3) is 3.83. The zero-order valence-corrected chi connectivity index (χ0v) is 15.6. The van der Waals surface area contributed by atoms with Gasteiger partial charge >= 0.3 is 0 Å². The molecule has 148 valence electrons. The molecule has 0 N–H and O–H groups in total. The Hall–Kier alpha value is -3.36. The van der Waals surface area contributed by atoms with Crippen LogP contribution < -0.4 is 14.4 Å². The summed E-state index contributed by atoms with van der Waals surface area (Å²) in [6.45, 7) is 1.60. The van der Waals surface area contributed by atoms with Gasteiger partial charge in [-0.3, -0.25) is 14.9 Å². The van der Waals surface area contributed by atoms with E-state index >= 15 is 0 Å². The van der Waals surface area contributed by atoms with Gasteiger partial charge in [0.15, 0.2) is 11.5 Å². The molecule has 9 heteroatoms. The Bertz CT molecular complexity index is 897. The van der Waals surface area contributed by atoms with Crippen LogP contribution in [0.25, 0.3) is 0 Å². The third-order valence-corrected chi connectivity index (χ3v) is 4.67. The van der Waals surface area contributed by atoms with E-state index < -0.39 is 10.7 Å². The third-order valence-electron chi connectivity index (χ3n) is 4.67. The molecular weight excluding hydrogens is 369 g/mol. The van der Waals surface area contributed by atoms with Gasteiger partial charge in [0, 0.05) is 31.7 Å². The summed E-state index contributed by atoms with van der Waals surface area (Å²) in [5, 5.41) is 11.2. The SMILES string of the molecule is COc1ccc(C(=O)N2CCN(c3ccc(F)cc3[N+](=O)[O-])CC2)cc1OC. The number of methoxy groups -OCH3 is 2. The minimum atomic E-state index is -0.655. The molecule has 2 aromatic carbocycles. The number of nitro benzene ring substituents is 1. The van der Waals surface area contributed by atoms with Crippen molar-refractivity contribution in [3.05, 3.63) is 57.9 Å². The lowest BCUT2D eigenvalue weighted by molar-refractivity contribution is -0.384. The smallest absolute Gasteiger partial charge is 0.295 e. The molecule has 0 atom stereocenters. The fourth-order valence-corrected chi connectivity index (χ4v) is 3.21. The summed E-state index contributed by atoms with van der Waals surface area (Å²) in [5.41, 5.74) is 0.545. The first-order valence-electron chi connectivity index (χ1n) is 8.64. The van der Waals surface area contributed by atoms with Crippen LogP contribution >= 0.6 is 0 Å². The lowest BCUT2D eigenvalue weighted by Gasteiger charge is -2.35. The van der Waals surface area contributed by atoms with Crippen LogP contribution in [-0.2, 0) is 0 Å². The number of hydrogen-bond donors (Lipinski definition) is 0. The molecule has 1 aliphatic rings. The van der Waals surface area contributed by atoms with Crippen LogP contribution in [0.2, 0.25) is 0 Å². The number of rotatable bonds is 5. The van der Waals surface area contributed by atoms with Crippen molar-refractivity contribution in [3.8, 4) is 11.5 Å². The van der Waals surface area contributed by atoms with Gasteiger partial charge in [0.2, 0.25) is 0 Å². The fraction of sp³-hybridized carbons (Fsp3) is 0.316. The van der Waals surface area contributed by atoms with Crippen molar-refractivity contribution in [2.45, 2.75) is 0 Å². The van der Waals surface area contributed by atoms with Crippen molar-refractivity contribution in [1.82, 2.24) is 4.90 Å². The Kier molecular flexibility index (Phi) is 5.62. The summed E-state index contributed by atoms with van der Waals surface area (Å²) >= 11 is 0. The molecule has 1 fully saturated rings. The Morgan fingerprint density at radius 2 is 1.71 bits per heavy atom. The van der Waals surface area contributed by atoms with E-state index in [-0.39, 0.29) is 11.6 Å². The second-order valence-electron chi connectivity index (χ2n) is 6.24. The maximum atomic E-state index is 13.4. The molecule has 0 unspecified atom stereocenters. The summed E-state index contributed by atoms with van der Waals surface area (Å²) in [7, 11) is 3.02. The van der Waals surface area contributed by atoms with Crippen LogP contribution in [0, 0.1) is 15.9 Å². The van der Waals surface area contributed by atoms with Gasteiger partial charge in [-0.1, -0.05) is 0 Å². The number of carbonyl (C=O) groups is 1. The largest absolute Gasteiger partial charge is 0.493 e. The summed E-state index contributed by atoms with van der Waals surface area (Å²) in [6.07, 6.45) is 0. The molecule has 1 saturated heterocycles. The van der Waals surface area contributed by atoms with E-state index in [1.165, 1.54) is 26.4 Å². The van der Waals surface area contributed by atoms with E-state index in [2.05, 4.69) is 0 Å². The van der Waals surface area contributed by atoms with E-state index in [0.29, 0.717) is 48.9 Å². The first kappa shape index (κ1) is 19.4. The first-order valence-corrected chi connectivity index (χ1v) is 8.64. The number of halogens is 1. The number of hydrogen-bond acceptors (Lipinski definition) is 6. The topological polar surface area (TPSA) is 85.2 Å². The Morgan fingerprint density at radius 1 is 1.04 bits per heavy atom. The number of nitro groups is 1. The molecule has 1 aliphatic heterocycles. The Morgan fingerprint density at radius 3 is 2.32 bits per heavy atom. The lowest BCUT2D eigenvalue weighted by atomic mass is 10.1. The van der Waals surface area contributed by atoms with Crippen molar-refractivity contribution in [3.63, 3.8) is 0 Å². The maximum absolute atomic E-state index is 13.4. The molecule has 0 spiro atoms. The fourth-order valence-electron chi connectivity index (χ4n) is 3.21. The first-order chi connectivity index (χ1) is 13.4. The van der Waals surface area contributed by atoms with Gasteiger partial charge in [-0.25, -0.2) is 4.39 Å². The average molecular weight is 389 g/mol. The Balaban J connectivity index is 1.72. The quantitative estimate of drug-likeness (QED) is 0.577. The van der Waals surface area contributed by atoms with Crippen molar-refractivity contribution in [2.24, 2.45) is 0 Å². The van der Waals surface area contributed by atoms with E-state index in [9.17, 15) is 19.3 Å². The van der Waals surface area contributed by atoms with Gasteiger partial charge in [-0.2, -0.15) is 0 Å². The highest BCUT2D eigenvalue weighted by molar-refractivity contribution is 5.95. The number of amides is 1. The molecule has 8 nitrogen and oxygen atoms in total. The predicted octanol–water partition coefficient (Wildman–Crippen LogP) is 2.71. The van der Waals surface area contributed by atoms with Crippen molar-refractivity contribution in [1.29, 1.82) is 0 Å². The summed E-state index contributed by atoms with van der Waals surface area (Å²) in [6, 6.07) is 8.47. The van der Waals surface area contributed by atoms with E-state index in [1.54, 1.807) is 28.0 Å². The number of nitrogens with zero attached hydrogens (tertiary/aromatic N) is 3. The van der Waals surface area contributed by atoms with Crippen LogP contribution in [0.5, 0.6) is 11.5 Å². The molecule has 0 aromatic heterocycles. The molecule has 28 heavy (non-hydrogen) atoms. The highest BCUT2D eigenvalue weighted by Gasteiger charge is 2.27. The molecule has 1 amide bonds. The van der Waals surface area contributed by atoms with Gasteiger partial charge < -0.3 is 19.3 Å². The standard InChI is InChI=1S/C19H20FN3O5/c1-27-17-6-3-13(11-18(17)28-2)19(24)22-9-7-21(8-10-22)15-5-4-14(20)12-16(15)23(25)26/h3-6,11-12H,7-10H2,1-2H3. The van der Waals surface area contributed by atoms with Crippen LogP contribution in [-0.4, -0.2) is 56.1 Å². The van der Waals surface area contributed by atoms with Gasteiger partial charge in [0.1, 0.15) is 11.5 Å². The zero-order valence-electron chi connectivity index (χ0n) is 15.6. The predicted molar refractivity (Wildman–Crippen MR) is 101 cm³/mol. The minimum absolute atomic E-state index is 0.158. The van der Waals surface area contributed by atoms with Gasteiger partial charge in [0.25, 0.3) is 11.6 Å². The number of ether oxygens (including phenoxy) is 2. The van der Waals surface area contributed by atoms with Gasteiger partial charge in [0.05, 0.1) is 25.2 Å². The zero-order chi connectivity index (χ0) is 20.3. The van der Waals surface area contributed by atoms with Crippen LogP contribution in [0.15, 0.2) is 36.4 Å². The van der Waals surface area contributed by atoms with Crippen LogP contribution in [0.4, 0.5) is 15.8 Å². The van der Waals surface area contributed by atoms with Gasteiger partial charge in [-0.15, -0.1) is 0 Å². The average Bonchev–Trinajstić information content (AvgIpc) is 2.72. The monoisotopic (exact) mass is 389 g/mol. The molecule has 3 rings (SSSR count). The van der Waals surface area contributed by atoms with Crippen molar-refractivity contribution < 1.29 is 23.6 Å². The van der Waals surface area contributed by atoms with Gasteiger partial charge in [-0.05, 0) is 30.3 Å². The second-order valence-corrected chi connectivity index (χ2v) is 6.24. The lowest BCUT2D eigenvalue weighted by Crippen LogP contribution is -2.49. The summed E-state index contributed by atoms with van der Waals surface area (Å²) in [4.78, 5) is 26.9. The summed E-state index contributed by atoms with van der Waals surface area (Å²) < 4.78 is 23.8. The van der Waals surface area contributed by atoms with Crippen LogP contribution in [0.1, 0.15) is 10.4 Å². The summed E-state index contributed by atoms with van der Waals surface area (Å²) in [5.74, 6) is 0.188. The molecular formula is C19H20FN3O5. The Labute approximate surface area is 161 Å². The number of benzene rings is 2. The molecule has 0 saturated carbocycles. The van der Waals surface area contributed by atoms with E-state index in [4.69, 9.17) is 9.47 Å². The molecule has 1 heterocycles. The molecule has 2 aromatic rings. The molecule has 0 aliphatic carbocycles. The van der Waals surface area contributed by atoms with Crippen LogP contribution in [0.3, 0.4) is 0 Å². The minimum Gasteiger partial charge on any atom is -0.493 e.